The first kappa shape index (κ1) is 14.9. The molecule has 0 bridgehead atoms. The van der Waals surface area contributed by atoms with Crippen LogP contribution in [0.4, 0.5) is 0 Å². The average molecular weight is 313 g/mol. The summed E-state index contributed by atoms with van der Waals surface area (Å²) in [6.45, 7) is -0.282. The number of sulfonamides is 1. The van der Waals surface area contributed by atoms with Crippen molar-refractivity contribution in [1.29, 1.82) is 0 Å². The van der Waals surface area contributed by atoms with Gasteiger partial charge in [-0.1, -0.05) is 24.4 Å². The monoisotopic (exact) mass is 313 g/mol. The Kier molecular flexibility index (Phi) is 4.36. The van der Waals surface area contributed by atoms with Gasteiger partial charge in [0.05, 0.1) is 11.4 Å². The molecular formula is C12H15N3O3S2. The molecular weight excluding hydrogens is 298 g/mol. The maximum atomic E-state index is 12.0. The molecule has 1 saturated carbocycles. The number of nitrogens with one attached hydrogen (secondary N) is 2. The Morgan fingerprint density at radius 3 is 2.70 bits per heavy atom. The van der Waals surface area contributed by atoms with Crippen LogP contribution in [-0.2, 0) is 14.8 Å². The van der Waals surface area contributed by atoms with E-state index in [-0.39, 0.29) is 28.4 Å². The van der Waals surface area contributed by atoms with E-state index in [1.807, 2.05) is 0 Å². The highest BCUT2D eigenvalue weighted by molar-refractivity contribution is 7.89. The molecule has 6 nitrogen and oxygen atoms in total. The minimum absolute atomic E-state index is 0.0296. The van der Waals surface area contributed by atoms with Crippen molar-refractivity contribution in [3.8, 4) is 0 Å². The number of hydrogen-bond donors (Lipinski definition) is 3. The second-order valence-electron chi connectivity index (χ2n) is 4.56. The molecule has 0 unspecified atom stereocenters. The van der Waals surface area contributed by atoms with Gasteiger partial charge in [0.15, 0.2) is 0 Å². The summed E-state index contributed by atoms with van der Waals surface area (Å²) >= 11 is 4.80. The van der Waals surface area contributed by atoms with Gasteiger partial charge in [-0.3, -0.25) is 4.79 Å². The number of carbonyl (C=O) groups excluding carboxylic acids is 1. The van der Waals surface area contributed by atoms with Crippen LogP contribution in [0.2, 0.25) is 0 Å². The summed E-state index contributed by atoms with van der Waals surface area (Å²) in [4.78, 5) is 11.6. The molecule has 1 aliphatic rings. The Morgan fingerprint density at radius 2 is 2.10 bits per heavy atom. The zero-order valence-electron chi connectivity index (χ0n) is 10.6. The summed E-state index contributed by atoms with van der Waals surface area (Å²) in [5.74, 6) is -0.332. The van der Waals surface area contributed by atoms with Crippen LogP contribution in [0, 0.1) is 0 Å². The molecule has 0 aromatic heterocycles. The summed E-state index contributed by atoms with van der Waals surface area (Å²) in [6.07, 6.45) is 1.91. The van der Waals surface area contributed by atoms with E-state index in [9.17, 15) is 13.2 Å². The van der Waals surface area contributed by atoms with Crippen molar-refractivity contribution < 1.29 is 13.2 Å². The largest absolute Gasteiger partial charge is 0.389 e. The number of hydrogen-bond acceptors (Lipinski definition) is 4. The molecule has 8 heteroatoms. The van der Waals surface area contributed by atoms with Crippen LogP contribution < -0.4 is 15.8 Å². The highest BCUT2D eigenvalue weighted by atomic mass is 32.2. The highest BCUT2D eigenvalue weighted by Gasteiger charge is 2.24. The average Bonchev–Trinajstić information content (AvgIpc) is 3.20. The maximum absolute atomic E-state index is 12.0. The molecule has 1 fully saturated rings. The van der Waals surface area contributed by atoms with Gasteiger partial charge in [-0.2, -0.15) is 0 Å². The summed E-state index contributed by atoms with van der Waals surface area (Å²) in [7, 11) is -3.75. The molecule has 0 aliphatic heterocycles. The van der Waals surface area contributed by atoms with Gasteiger partial charge in [-0.05, 0) is 25.0 Å². The molecule has 4 N–H and O–H groups in total. The number of amides is 1. The topological polar surface area (TPSA) is 101 Å². The summed E-state index contributed by atoms with van der Waals surface area (Å²) in [5.41, 5.74) is 5.93. The van der Waals surface area contributed by atoms with E-state index in [0.29, 0.717) is 5.56 Å². The molecule has 1 aromatic carbocycles. The van der Waals surface area contributed by atoms with E-state index in [1.54, 1.807) is 12.1 Å². The molecule has 0 heterocycles. The Hall–Kier alpha value is -1.51. The smallest absolute Gasteiger partial charge is 0.241 e. The minimum Gasteiger partial charge on any atom is -0.389 e. The summed E-state index contributed by atoms with van der Waals surface area (Å²) in [6, 6.07) is 6.17. The van der Waals surface area contributed by atoms with E-state index in [1.165, 1.54) is 12.1 Å². The first-order valence-electron chi connectivity index (χ1n) is 6.07. The Morgan fingerprint density at radius 1 is 1.40 bits per heavy atom. The molecule has 0 radical (unpaired) electrons. The molecule has 2 rings (SSSR count). The molecule has 20 heavy (non-hydrogen) atoms. The van der Waals surface area contributed by atoms with Crippen molar-refractivity contribution in [3.05, 3.63) is 29.8 Å². The van der Waals surface area contributed by atoms with Crippen LogP contribution in [0.3, 0.4) is 0 Å². The quantitative estimate of drug-likeness (QED) is 0.636. The Labute approximate surface area is 122 Å². The van der Waals surface area contributed by atoms with Gasteiger partial charge in [0.2, 0.25) is 15.9 Å². The third-order valence-electron chi connectivity index (χ3n) is 2.79. The summed E-state index contributed by atoms with van der Waals surface area (Å²) < 4.78 is 26.3. The molecule has 0 atom stereocenters. The van der Waals surface area contributed by atoms with E-state index >= 15 is 0 Å². The Balaban J connectivity index is 2.03. The molecule has 1 amide bonds. The number of rotatable bonds is 6. The lowest BCUT2D eigenvalue weighted by molar-refractivity contribution is -0.120. The van der Waals surface area contributed by atoms with Gasteiger partial charge in [0, 0.05) is 11.6 Å². The molecule has 1 aliphatic carbocycles. The zero-order valence-corrected chi connectivity index (χ0v) is 12.3. The highest BCUT2D eigenvalue weighted by Crippen LogP contribution is 2.18. The van der Waals surface area contributed by atoms with Crippen LogP contribution in [-0.4, -0.2) is 31.9 Å². The molecule has 0 saturated heterocycles. The SMILES string of the molecule is NC(=S)c1cccc(S(=O)(=O)NCC(=O)NC2CC2)c1. The van der Waals surface area contributed by atoms with Crippen molar-refractivity contribution in [2.24, 2.45) is 5.73 Å². The van der Waals surface area contributed by atoms with Gasteiger partial charge in [0.25, 0.3) is 0 Å². The fourth-order valence-electron chi connectivity index (χ4n) is 1.57. The van der Waals surface area contributed by atoms with Crippen molar-refractivity contribution in [2.45, 2.75) is 23.8 Å². The fraction of sp³-hybridized carbons (Fsp3) is 0.333. The number of thiocarbonyl (C=S) groups is 1. The van der Waals surface area contributed by atoms with E-state index in [0.717, 1.165) is 12.8 Å². The first-order valence-corrected chi connectivity index (χ1v) is 7.96. The molecule has 0 spiro atoms. The minimum atomic E-state index is -3.75. The number of carbonyl (C=O) groups is 1. The second-order valence-corrected chi connectivity index (χ2v) is 6.77. The van der Waals surface area contributed by atoms with Gasteiger partial charge >= 0.3 is 0 Å². The summed E-state index contributed by atoms with van der Waals surface area (Å²) in [5, 5.41) is 2.70. The van der Waals surface area contributed by atoms with E-state index in [4.69, 9.17) is 18.0 Å². The lowest BCUT2D eigenvalue weighted by Crippen LogP contribution is -2.37. The number of benzene rings is 1. The van der Waals surface area contributed by atoms with Gasteiger partial charge in [0.1, 0.15) is 4.99 Å². The van der Waals surface area contributed by atoms with Crippen LogP contribution in [0.15, 0.2) is 29.2 Å². The molecule has 1 aromatic rings. The third-order valence-corrected chi connectivity index (χ3v) is 4.43. The van der Waals surface area contributed by atoms with E-state index < -0.39 is 10.0 Å². The van der Waals surface area contributed by atoms with Crippen molar-refractivity contribution in [2.75, 3.05) is 6.54 Å². The maximum Gasteiger partial charge on any atom is 0.241 e. The van der Waals surface area contributed by atoms with E-state index in [2.05, 4.69) is 10.0 Å². The van der Waals surface area contributed by atoms with Gasteiger partial charge in [-0.15, -0.1) is 0 Å². The van der Waals surface area contributed by atoms with Gasteiger partial charge < -0.3 is 11.1 Å². The third kappa shape index (κ3) is 3.99. The zero-order chi connectivity index (χ0) is 14.8. The van der Waals surface area contributed by atoms with Crippen LogP contribution in [0.25, 0.3) is 0 Å². The fourth-order valence-corrected chi connectivity index (χ4v) is 2.72. The van der Waals surface area contributed by atoms with Crippen molar-refractivity contribution in [3.63, 3.8) is 0 Å². The van der Waals surface area contributed by atoms with Gasteiger partial charge in [-0.25, -0.2) is 13.1 Å². The lowest BCUT2D eigenvalue weighted by Gasteiger charge is -2.08. The van der Waals surface area contributed by atoms with Crippen molar-refractivity contribution >= 4 is 33.1 Å². The van der Waals surface area contributed by atoms with Crippen LogP contribution in [0.5, 0.6) is 0 Å². The van der Waals surface area contributed by atoms with Crippen molar-refractivity contribution in [1.82, 2.24) is 10.0 Å². The molecule has 108 valence electrons. The predicted octanol–water partition coefficient (Wildman–Crippen LogP) is -0.122. The van der Waals surface area contributed by atoms with Crippen LogP contribution >= 0.6 is 12.2 Å². The lowest BCUT2D eigenvalue weighted by atomic mass is 10.2. The number of nitrogens with two attached hydrogens (primary N) is 1. The standard InChI is InChI=1S/C12H15N3O3S2/c13-12(19)8-2-1-3-10(6-8)20(17,18)14-7-11(16)15-9-4-5-9/h1-3,6,9,14H,4-5,7H2,(H2,13,19)(H,15,16). The first-order chi connectivity index (χ1) is 9.38. The predicted molar refractivity (Wildman–Crippen MR) is 78.7 cm³/mol. The normalized spacial score (nSPS) is 14.8. The Bertz CT molecular complexity index is 639. The van der Waals surface area contributed by atoms with Crippen LogP contribution in [0.1, 0.15) is 18.4 Å². The second kappa shape index (κ2) is 5.86.